The van der Waals surface area contributed by atoms with Gasteiger partial charge in [-0.25, -0.2) is 0 Å². The third-order valence-corrected chi connectivity index (χ3v) is 6.47. The summed E-state index contributed by atoms with van der Waals surface area (Å²) < 4.78 is 36.3. The minimum Gasteiger partial charge on any atom is -0.376 e. The van der Waals surface area contributed by atoms with E-state index in [1.807, 2.05) is 37.3 Å². The summed E-state index contributed by atoms with van der Waals surface area (Å²) in [5, 5.41) is 0. The number of rotatable bonds is 8. The Morgan fingerprint density at radius 1 is 0.964 bits per heavy atom. The van der Waals surface area contributed by atoms with Gasteiger partial charge in [0, 0.05) is 6.42 Å². The number of carbonyl (C=O) groups is 1. The number of carbonyl (C=O) groups excluding carboxylic acids is 1. The molecule has 2 aromatic rings. The van der Waals surface area contributed by atoms with Crippen LogP contribution < -0.4 is 0 Å². The minimum absolute atomic E-state index is 0.0194. The van der Waals surface area contributed by atoms with Crippen LogP contribution >= 0.6 is 0 Å². The summed E-state index contributed by atoms with van der Waals surface area (Å²) >= 11 is 0. The van der Waals surface area contributed by atoms with Crippen molar-refractivity contribution in [1.82, 2.24) is 0 Å². The van der Waals surface area contributed by atoms with Crippen LogP contribution in [0.15, 0.2) is 59.5 Å². The molecule has 150 valence electrons. The number of ketones is 1. The summed E-state index contributed by atoms with van der Waals surface area (Å²) in [6, 6.07) is 16.2. The van der Waals surface area contributed by atoms with E-state index in [-0.39, 0.29) is 23.9 Å². The third-order valence-electron chi connectivity index (χ3n) is 5.19. The molecule has 1 aliphatic rings. The highest BCUT2D eigenvalue weighted by molar-refractivity contribution is 7.86. The zero-order valence-corrected chi connectivity index (χ0v) is 16.9. The summed E-state index contributed by atoms with van der Waals surface area (Å²) in [5.74, 6) is 0.0194. The number of aryl methyl sites for hydroxylation is 1. The van der Waals surface area contributed by atoms with Crippen molar-refractivity contribution < 1.29 is 22.1 Å². The van der Waals surface area contributed by atoms with E-state index < -0.39 is 15.5 Å². The molecular formula is C22H26O5S. The van der Waals surface area contributed by atoms with E-state index in [0.29, 0.717) is 19.4 Å². The van der Waals surface area contributed by atoms with E-state index in [0.717, 1.165) is 24.0 Å². The Labute approximate surface area is 166 Å². The fourth-order valence-electron chi connectivity index (χ4n) is 3.40. The topological polar surface area (TPSA) is 69.7 Å². The molecule has 1 saturated carbocycles. The molecular weight excluding hydrogens is 376 g/mol. The average Bonchev–Trinajstić information content (AvgIpc) is 2.70. The van der Waals surface area contributed by atoms with Crippen LogP contribution in [0.1, 0.15) is 36.8 Å². The first-order valence-electron chi connectivity index (χ1n) is 9.52. The van der Waals surface area contributed by atoms with Crippen molar-refractivity contribution in [1.29, 1.82) is 0 Å². The maximum Gasteiger partial charge on any atom is 0.297 e. The molecule has 0 saturated heterocycles. The Bertz CT molecular complexity index is 890. The van der Waals surface area contributed by atoms with Gasteiger partial charge in [-0.3, -0.25) is 8.98 Å². The Kier molecular flexibility index (Phi) is 6.65. The van der Waals surface area contributed by atoms with Crippen LogP contribution in [0.25, 0.3) is 0 Å². The molecule has 0 N–H and O–H groups in total. The second kappa shape index (κ2) is 8.99. The fraction of sp³-hybridized carbons (Fsp3) is 0.409. The predicted octanol–water partition coefficient (Wildman–Crippen LogP) is 4.05. The van der Waals surface area contributed by atoms with Crippen molar-refractivity contribution in [3.8, 4) is 0 Å². The molecule has 0 bridgehead atoms. The molecule has 1 aliphatic carbocycles. The average molecular weight is 403 g/mol. The smallest absolute Gasteiger partial charge is 0.297 e. The first kappa shape index (κ1) is 20.7. The molecule has 0 radical (unpaired) electrons. The van der Waals surface area contributed by atoms with E-state index in [4.69, 9.17) is 8.92 Å². The molecule has 0 spiro atoms. The lowest BCUT2D eigenvalue weighted by molar-refractivity contribution is -0.138. The van der Waals surface area contributed by atoms with E-state index in [1.165, 1.54) is 12.1 Å². The quantitative estimate of drug-likeness (QED) is 0.623. The van der Waals surface area contributed by atoms with Crippen LogP contribution in [0.2, 0.25) is 0 Å². The summed E-state index contributed by atoms with van der Waals surface area (Å²) in [5.41, 5.74) is 1.06. The Balaban J connectivity index is 1.69. The number of hydrogen-bond donors (Lipinski definition) is 0. The molecule has 0 aromatic heterocycles. The Hall–Kier alpha value is -2.02. The lowest BCUT2D eigenvalue weighted by Gasteiger charge is -2.34. The lowest BCUT2D eigenvalue weighted by atomic mass is 9.74. The maximum absolute atomic E-state index is 12.7. The van der Waals surface area contributed by atoms with Gasteiger partial charge in [-0.2, -0.15) is 8.42 Å². The van der Waals surface area contributed by atoms with Gasteiger partial charge in [-0.05, 0) is 37.5 Å². The fourth-order valence-corrected chi connectivity index (χ4v) is 4.39. The van der Waals surface area contributed by atoms with Crippen molar-refractivity contribution in [3.63, 3.8) is 0 Å². The van der Waals surface area contributed by atoms with E-state index in [1.54, 1.807) is 12.1 Å². The standard InChI is InChI=1S/C22H26O5S/c1-18-10-12-20(13-11-18)28(24,25)27-17-22(14-6-5-9-21(22)23)16-26-15-19-7-3-2-4-8-19/h2-4,7-8,10-13H,5-6,9,14-17H2,1H3. The van der Waals surface area contributed by atoms with E-state index >= 15 is 0 Å². The summed E-state index contributed by atoms with van der Waals surface area (Å²) in [4.78, 5) is 12.8. The highest BCUT2D eigenvalue weighted by Gasteiger charge is 2.42. The predicted molar refractivity (Wildman–Crippen MR) is 106 cm³/mol. The zero-order valence-electron chi connectivity index (χ0n) is 16.1. The second-order valence-corrected chi connectivity index (χ2v) is 9.03. The summed E-state index contributed by atoms with van der Waals surface area (Å²) in [6.07, 6.45) is 2.69. The van der Waals surface area contributed by atoms with Gasteiger partial charge in [0.15, 0.2) is 0 Å². The van der Waals surface area contributed by atoms with E-state index in [9.17, 15) is 13.2 Å². The van der Waals surface area contributed by atoms with Gasteiger partial charge in [-0.1, -0.05) is 54.4 Å². The first-order chi connectivity index (χ1) is 13.4. The number of benzene rings is 2. The van der Waals surface area contributed by atoms with Crippen molar-refractivity contribution >= 4 is 15.9 Å². The molecule has 1 fully saturated rings. The first-order valence-corrected chi connectivity index (χ1v) is 10.9. The van der Waals surface area contributed by atoms with Crippen molar-refractivity contribution in [2.75, 3.05) is 13.2 Å². The zero-order chi connectivity index (χ0) is 20.0. The number of ether oxygens (including phenoxy) is 1. The van der Waals surface area contributed by atoms with Crippen LogP contribution in [-0.2, 0) is 30.4 Å². The molecule has 2 aromatic carbocycles. The van der Waals surface area contributed by atoms with Crippen LogP contribution in [0.3, 0.4) is 0 Å². The van der Waals surface area contributed by atoms with Crippen LogP contribution in [-0.4, -0.2) is 27.4 Å². The van der Waals surface area contributed by atoms with Gasteiger partial charge in [0.2, 0.25) is 0 Å². The molecule has 0 aliphatic heterocycles. The van der Waals surface area contributed by atoms with Crippen LogP contribution in [0.5, 0.6) is 0 Å². The van der Waals surface area contributed by atoms with Gasteiger partial charge in [-0.15, -0.1) is 0 Å². The molecule has 6 heteroatoms. The van der Waals surface area contributed by atoms with Gasteiger partial charge in [0.1, 0.15) is 5.78 Å². The van der Waals surface area contributed by atoms with Crippen LogP contribution in [0.4, 0.5) is 0 Å². The second-order valence-electron chi connectivity index (χ2n) is 7.42. The van der Waals surface area contributed by atoms with Crippen LogP contribution in [0, 0.1) is 12.3 Å². The normalized spacial score (nSPS) is 20.2. The minimum atomic E-state index is -3.92. The highest BCUT2D eigenvalue weighted by atomic mass is 32.2. The third kappa shape index (κ3) is 5.07. The Morgan fingerprint density at radius 2 is 1.68 bits per heavy atom. The van der Waals surface area contributed by atoms with Gasteiger partial charge in [0.25, 0.3) is 10.1 Å². The monoisotopic (exact) mass is 402 g/mol. The van der Waals surface area contributed by atoms with Crippen molar-refractivity contribution in [2.24, 2.45) is 5.41 Å². The summed E-state index contributed by atoms with van der Waals surface area (Å²) in [7, 11) is -3.92. The molecule has 5 nitrogen and oxygen atoms in total. The highest BCUT2D eigenvalue weighted by Crippen LogP contribution is 2.35. The lowest BCUT2D eigenvalue weighted by Crippen LogP contribution is -2.43. The van der Waals surface area contributed by atoms with Gasteiger partial charge in [0.05, 0.1) is 30.1 Å². The van der Waals surface area contributed by atoms with Gasteiger partial charge >= 0.3 is 0 Å². The number of Topliss-reactive ketones (excluding diaryl/α,β-unsaturated/α-hetero) is 1. The molecule has 28 heavy (non-hydrogen) atoms. The number of hydrogen-bond acceptors (Lipinski definition) is 5. The molecule has 3 rings (SSSR count). The van der Waals surface area contributed by atoms with Gasteiger partial charge < -0.3 is 4.74 Å². The maximum atomic E-state index is 12.7. The Morgan fingerprint density at radius 3 is 2.36 bits per heavy atom. The molecule has 1 atom stereocenters. The molecule has 0 heterocycles. The SMILES string of the molecule is Cc1ccc(S(=O)(=O)OCC2(COCc3ccccc3)CCCCC2=O)cc1. The van der Waals surface area contributed by atoms with Crippen molar-refractivity contribution in [3.05, 3.63) is 65.7 Å². The largest absolute Gasteiger partial charge is 0.376 e. The van der Waals surface area contributed by atoms with Crippen molar-refractivity contribution in [2.45, 2.75) is 44.1 Å². The molecule has 0 amide bonds. The van der Waals surface area contributed by atoms with E-state index in [2.05, 4.69) is 0 Å². The molecule has 1 unspecified atom stereocenters. The summed E-state index contributed by atoms with van der Waals surface area (Å²) in [6.45, 7) is 2.23.